The maximum atomic E-state index is 15.0. The van der Waals surface area contributed by atoms with Crippen molar-refractivity contribution in [1.82, 2.24) is 20.1 Å². The summed E-state index contributed by atoms with van der Waals surface area (Å²) < 4.78 is 31.8. The average Bonchev–Trinajstić information content (AvgIpc) is 3.66. The number of rotatable bonds is 9. The zero-order valence-electron chi connectivity index (χ0n) is 25.3. The Morgan fingerprint density at radius 2 is 1.83 bits per heavy atom. The molecule has 3 saturated heterocycles. The highest BCUT2D eigenvalue weighted by atomic mass is 32.1. The maximum Gasteiger partial charge on any atom is 0.251 e. The van der Waals surface area contributed by atoms with Crippen molar-refractivity contribution >= 4 is 28.3 Å². The number of nitrogens with zero attached hydrogens (tertiary/aromatic N) is 4. The molecule has 0 saturated carbocycles. The van der Waals surface area contributed by atoms with E-state index in [4.69, 9.17) is 19.2 Å². The fourth-order valence-corrected chi connectivity index (χ4v) is 7.11. The summed E-state index contributed by atoms with van der Waals surface area (Å²) in [6.45, 7) is 9.82. The third kappa shape index (κ3) is 5.92. The Morgan fingerprint density at radius 3 is 2.45 bits per heavy atom. The summed E-state index contributed by atoms with van der Waals surface area (Å²) in [5.41, 5.74) is 2.28. The van der Waals surface area contributed by atoms with Gasteiger partial charge in [-0.3, -0.25) is 9.59 Å². The molecule has 12 heteroatoms. The Labute approximate surface area is 251 Å². The summed E-state index contributed by atoms with van der Waals surface area (Å²) in [7, 11) is 5.05. The molecule has 3 aliphatic rings. The minimum absolute atomic E-state index is 0.0163. The highest BCUT2D eigenvalue weighted by molar-refractivity contribution is 7.16. The van der Waals surface area contributed by atoms with E-state index in [0.717, 1.165) is 47.4 Å². The van der Waals surface area contributed by atoms with Crippen LogP contribution >= 0.6 is 11.3 Å². The lowest BCUT2D eigenvalue weighted by Crippen LogP contribution is -2.58. The van der Waals surface area contributed by atoms with Crippen molar-refractivity contribution in [3.8, 4) is 11.3 Å². The number of methoxy groups -OCH3 is 2. The van der Waals surface area contributed by atoms with Gasteiger partial charge < -0.3 is 34.2 Å². The number of aromatic nitrogens is 1. The van der Waals surface area contributed by atoms with Gasteiger partial charge in [0.2, 0.25) is 11.7 Å². The SMILES string of the molecule is COC1(OC)COC2C(F)CN(C(=O)[C@H](CC(C)C)NC(=O)c3ccc(-c4nc(N5CCN(C)CC5)sc4C)cc3)[C@@H]21. The molecule has 10 nitrogen and oxygen atoms in total. The number of carbonyl (C=O) groups excluding carboxylic acids is 2. The van der Waals surface area contributed by atoms with Crippen molar-refractivity contribution in [3.05, 3.63) is 34.7 Å². The molecule has 0 radical (unpaired) electrons. The summed E-state index contributed by atoms with van der Waals surface area (Å²) >= 11 is 1.69. The predicted molar refractivity (Wildman–Crippen MR) is 160 cm³/mol. The lowest BCUT2D eigenvalue weighted by molar-refractivity contribution is -0.227. The normalized spacial score (nSPS) is 24.7. The largest absolute Gasteiger partial charge is 0.367 e. The van der Waals surface area contributed by atoms with Crippen molar-refractivity contribution in [2.24, 2.45) is 5.92 Å². The molecular weight excluding hydrogens is 561 g/mol. The van der Waals surface area contributed by atoms with Crippen LogP contribution in [-0.2, 0) is 19.0 Å². The third-order valence-corrected chi connectivity index (χ3v) is 9.60. The number of hydrogen-bond acceptors (Lipinski definition) is 9. The number of nitrogens with one attached hydrogen (secondary N) is 1. The van der Waals surface area contributed by atoms with E-state index in [2.05, 4.69) is 29.1 Å². The van der Waals surface area contributed by atoms with E-state index in [0.29, 0.717) is 12.0 Å². The minimum atomic E-state index is -1.37. The van der Waals surface area contributed by atoms with Crippen LogP contribution in [0.4, 0.5) is 9.52 Å². The van der Waals surface area contributed by atoms with Gasteiger partial charge in [-0.2, -0.15) is 0 Å². The summed E-state index contributed by atoms with van der Waals surface area (Å²) in [4.78, 5) is 39.3. The number of aryl methyl sites for hydroxylation is 1. The first-order valence-electron chi connectivity index (χ1n) is 14.6. The molecule has 2 amide bonds. The molecule has 4 atom stereocenters. The van der Waals surface area contributed by atoms with Crippen LogP contribution < -0.4 is 10.2 Å². The number of carbonyl (C=O) groups is 2. The number of ether oxygens (including phenoxy) is 3. The summed E-state index contributed by atoms with van der Waals surface area (Å²) in [5.74, 6) is -1.89. The van der Waals surface area contributed by atoms with Gasteiger partial charge in [-0.15, -0.1) is 11.3 Å². The molecule has 2 aromatic rings. The van der Waals surface area contributed by atoms with E-state index in [-0.39, 0.29) is 30.9 Å². The Morgan fingerprint density at radius 1 is 1.17 bits per heavy atom. The number of anilines is 1. The number of halogens is 1. The molecule has 3 aliphatic heterocycles. The Balaban J connectivity index is 1.30. The molecule has 2 unspecified atom stereocenters. The standard InChI is InChI=1S/C30H42FN5O5S/c1-18(2)15-23(28(38)36-16-22(31)25-26(36)30(39-5,40-6)17-41-25)32-27(37)21-9-7-20(8-10-21)24-19(3)42-29(33-24)35-13-11-34(4)12-14-35/h7-10,18,22-23,25-26H,11-17H2,1-6H3,(H,32,37)/t22?,23-,25?,26-/m0/s1. The predicted octanol–water partition coefficient (Wildman–Crippen LogP) is 2.95. The second-order valence-corrected chi connectivity index (χ2v) is 13.1. The Kier molecular flexibility index (Phi) is 9.19. The maximum absolute atomic E-state index is 15.0. The first-order valence-corrected chi connectivity index (χ1v) is 15.4. The zero-order valence-corrected chi connectivity index (χ0v) is 26.1. The van der Waals surface area contributed by atoms with Gasteiger partial charge in [0.05, 0.1) is 12.2 Å². The molecule has 0 bridgehead atoms. The third-order valence-electron chi connectivity index (χ3n) is 8.57. The number of likely N-dealkylation sites (N-methyl/N-ethyl adjacent to an activating group) is 1. The van der Waals surface area contributed by atoms with E-state index in [9.17, 15) is 14.0 Å². The Hall–Kier alpha value is -2.64. The van der Waals surface area contributed by atoms with E-state index in [1.54, 1.807) is 23.5 Å². The van der Waals surface area contributed by atoms with Crippen molar-refractivity contribution in [2.75, 3.05) is 65.5 Å². The molecular formula is C30H42FN5O5S. The Bertz CT molecular complexity index is 1260. The summed E-state index contributed by atoms with van der Waals surface area (Å²) in [6.07, 6.45) is -1.82. The van der Waals surface area contributed by atoms with Gasteiger partial charge in [-0.05, 0) is 38.4 Å². The van der Waals surface area contributed by atoms with Gasteiger partial charge in [0, 0.05) is 56.4 Å². The van der Waals surface area contributed by atoms with Crippen LogP contribution in [0.2, 0.25) is 0 Å². The molecule has 230 valence electrons. The van der Waals surface area contributed by atoms with Gasteiger partial charge in [0.25, 0.3) is 5.91 Å². The number of benzene rings is 1. The lowest BCUT2D eigenvalue weighted by atomic mass is 10.00. The monoisotopic (exact) mass is 603 g/mol. The van der Waals surface area contributed by atoms with Crippen LogP contribution in [0.5, 0.6) is 0 Å². The molecule has 4 heterocycles. The van der Waals surface area contributed by atoms with E-state index >= 15 is 0 Å². The van der Waals surface area contributed by atoms with Crippen LogP contribution in [0.15, 0.2) is 24.3 Å². The number of alkyl halides is 1. The van der Waals surface area contributed by atoms with E-state index < -0.39 is 30.1 Å². The molecule has 1 N–H and O–H groups in total. The lowest BCUT2D eigenvalue weighted by Gasteiger charge is -2.37. The topological polar surface area (TPSA) is 96.5 Å². The van der Waals surface area contributed by atoms with Gasteiger partial charge in [0.1, 0.15) is 31.0 Å². The highest BCUT2D eigenvalue weighted by Crippen LogP contribution is 2.40. The molecule has 1 aromatic carbocycles. The fraction of sp³-hybridized carbons (Fsp3) is 0.633. The van der Waals surface area contributed by atoms with Crippen LogP contribution in [0.25, 0.3) is 11.3 Å². The molecule has 0 spiro atoms. The number of fused-ring (bicyclic) bond motifs is 1. The number of amides is 2. The van der Waals surface area contributed by atoms with Crippen LogP contribution in [-0.4, -0.2) is 117 Å². The van der Waals surface area contributed by atoms with Crippen molar-refractivity contribution < 1.29 is 28.2 Å². The average molecular weight is 604 g/mol. The number of piperazine rings is 1. The van der Waals surface area contributed by atoms with E-state index in [1.165, 1.54) is 19.1 Å². The first-order chi connectivity index (χ1) is 20.1. The van der Waals surface area contributed by atoms with Crippen LogP contribution in [0.1, 0.15) is 35.5 Å². The molecule has 1 aromatic heterocycles. The van der Waals surface area contributed by atoms with Gasteiger partial charge in [0.15, 0.2) is 5.13 Å². The molecule has 0 aliphatic carbocycles. The van der Waals surface area contributed by atoms with Crippen molar-refractivity contribution in [1.29, 1.82) is 0 Å². The molecule has 3 fully saturated rings. The van der Waals surface area contributed by atoms with Crippen molar-refractivity contribution in [3.63, 3.8) is 0 Å². The van der Waals surface area contributed by atoms with Gasteiger partial charge in [-0.25, -0.2) is 9.37 Å². The van der Waals surface area contributed by atoms with Crippen LogP contribution in [0, 0.1) is 12.8 Å². The molecule has 5 rings (SSSR count). The van der Waals surface area contributed by atoms with Crippen molar-refractivity contribution in [2.45, 2.75) is 57.3 Å². The second-order valence-electron chi connectivity index (χ2n) is 11.9. The molecule has 42 heavy (non-hydrogen) atoms. The smallest absolute Gasteiger partial charge is 0.251 e. The summed E-state index contributed by atoms with van der Waals surface area (Å²) in [5, 5.41) is 3.94. The quantitative estimate of drug-likeness (QED) is 0.438. The summed E-state index contributed by atoms with van der Waals surface area (Å²) in [6, 6.07) is 5.70. The second kappa shape index (κ2) is 12.5. The van der Waals surface area contributed by atoms with Gasteiger partial charge >= 0.3 is 0 Å². The van der Waals surface area contributed by atoms with E-state index in [1.807, 2.05) is 26.0 Å². The first kappa shape index (κ1) is 30.8. The number of likely N-dealkylation sites (tertiary alicyclic amines) is 1. The number of hydrogen-bond donors (Lipinski definition) is 1. The fourth-order valence-electron chi connectivity index (χ4n) is 6.13. The van der Waals surface area contributed by atoms with Crippen LogP contribution in [0.3, 0.4) is 0 Å². The number of thiazole rings is 1. The zero-order chi connectivity index (χ0) is 30.2. The van der Waals surface area contributed by atoms with Gasteiger partial charge in [-0.1, -0.05) is 26.0 Å². The minimum Gasteiger partial charge on any atom is -0.367 e. The highest BCUT2D eigenvalue weighted by Gasteiger charge is 2.62.